The Labute approximate surface area is 202 Å². The van der Waals surface area contributed by atoms with Crippen molar-refractivity contribution in [2.24, 2.45) is 23.2 Å². The van der Waals surface area contributed by atoms with Crippen LogP contribution >= 0.6 is 0 Å². The minimum absolute atomic E-state index is 0.0767. The number of carbonyl (C=O) groups is 1. The van der Waals surface area contributed by atoms with Gasteiger partial charge in [0, 0.05) is 6.42 Å². The van der Waals surface area contributed by atoms with E-state index in [0.29, 0.717) is 12.0 Å². The van der Waals surface area contributed by atoms with Gasteiger partial charge in [-0.2, -0.15) is 14.4 Å². The first kappa shape index (κ1) is 22.9. The van der Waals surface area contributed by atoms with Crippen LogP contribution in [0.25, 0.3) is 11.2 Å². The highest BCUT2D eigenvalue weighted by atomic mass is 19.1. The molecular weight excluding hydrogens is 457 g/mol. The number of nitrogens with zero attached hydrogens (tertiary/aromatic N) is 4. The molecule has 4 aliphatic carbocycles. The van der Waals surface area contributed by atoms with E-state index in [9.17, 15) is 14.3 Å². The van der Waals surface area contributed by atoms with Gasteiger partial charge in [0.15, 0.2) is 17.0 Å². The van der Waals surface area contributed by atoms with Gasteiger partial charge < -0.3 is 25.1 Å². The van der Waals surface area contributed by atoms with E-state index in [1.54, 1.807) is 6.92 Å². The van der Waals surface area contributed by atoms with E-state index in [0.717, 1.165) is 24.2 Å². The lowest BCUT2D eigenvalue weighted by molar-refractivity contribution is -0.123. The summed E-state index contributed by atoms with van der Waals surface area (Å²) < 4.78 is 32.0. The van der Waals surface area contributed by atoms with Gasteiger partial charge in [0.2, 0.25) is 0 Å². The summed E-state index contributed by atoms with van der Waals surface area (Å²) in [6.45, 7) is 1.82. The molecule has 0 spiro atoms. The molecule has 7 rings (SSSR count). The number of aromatic nitrogens is 4. The minimum atomic E-state index is -1.17. The summed E-state index contributed by atoms with van der Waals surface area (Å²) in [5, 5.41) is 10.7. The Balaban J connectivity index is 1.03. The Morgan fingerprint density at radius 1 is 1.20 bits per heavy atom. The number of imidazole rings is 1. The molecule has 2 aromatic rings. The molecule has 0 amide bonds. The molecule has 0 unspecified atom stereocenters. The Morgan fingerprint density at radius 2 is 1.89 bits per heavy atom. The van der Waals surface area contributed by atoms with Gasteiger partial charge in [-0.1, -0.05) is 0 Å². The maximum atomic E-state index is 13.7. The van der Waals surface area contributed by atoms with Gasteiger partial charge in [0.25, 0.3) is 0 Å². The Hall–Kier alpha value is -2.53. The second-order valence-electron chi connectivity index (χ2n) is 11.4. The van der Waals surface area contributed by atoms with E-state index in [1.807, 2.05) is 0 Å². The number of ether oxygens (including phenoxy) is 3. The molecule has 4 saturated carbocycles. The lowest BCUT2D eigenvalue weighted by Crippen LogP contribution is -2.46. The van der Waals surface area contributed by atoms with Crippen molar-refractivity contribution in [3.05, 3.63) is 12.4 Å². The number of anilines is 1. The van der Waals surface area contributed by atoms with Crippen molar-refractivity contribution in [1.29, 1.82) is 0 Å². The maximum Gasteiger partial charge on any atom is 0.508 e. The van der Waals surface area contributed by atoms with E-state index < -0.39 is 30.2 Å². The lowest BCUT2D eigenvalue weighted by Gasteiger charge is -2.57. The number of hydrogen-bond donors (Lipinski definition) is 2. The standard InChI is InChI=1S/C24H32FN5O5/c1-23(16(31)7-17(35-23)30-12-27-18-19(26)28-21(25)29-20(18)30)11-34-22(32)33-3-2-24-8-13-4-14(9-24)6-15(5-13)10-24/h12-17,31H,2-11H2,1H3,(H2,26,28,29)/t13?,14?,15?,16-,17+,23+,24?/m0/s1. The summed E-state index contributed by atoms with van der Waals surface area (Å²) in [7, 11) is 0. The zero-order valence-electron chi connectivity index (χ0n) is 19.9. The minimum Gasteiger partial charge on any atom is -0.434 e. The Kier molecular flexibility index (Phi) is 5.41. The summed E-state index contributed by atoms with van der Waals surface area (Å²) >= 11 is 0. The number of hydrogen-bond acceptors (Lipinski definition) is 9. The van der Waals surface area contributed by atoms with Crippen LogP contribution in [0.2, 0.25) is 0 Å². The molecular formula is C24H32FN5O5. The highest BCUT2D eigenvalue weighted by Gasteiger charge is 2.51. The third-order valence-electron chi connectivity index (χ3n) is 8.76. The molecule has 3 atom stereocenters. The normalized spacial score (nSPS) is 37.7. The molecule has 0 radical (unpaired) electrons. The van der Waals surface area contributed by atoms with Crippen LogP contribution < -0.4 is 5.73 Å². The predicted octanol–water partition coefficient (Wildman–Crippen LogP) is 3.35. The van der Waals surface area contributed by atoms with Crippen LogP contribution in [0.4, 0.5) is 15.0 Å². The number of rotatable bonds is 6. The fourth-order valence-electron chi connectivity index (χ4n) is 7.49. The summed E-state index contributed by atoms with van der Waals surface area (Å²) in [6.07, 6.45) is 7.06. The monoisotopic (exact) mass is 489 g/mol. The number of nitrogens with two attached hydrogens (primary N) is 1. The van der Waals surface area contributed by atoms with Crippen LogP contribution in [0.1, 0.15) is 64.5 Å². The third-order valence-corrected chi connectivity index (χ3v) is 8.76. The molecule has 1 saturated heterocycles. The summed E-state index contributed by atoms with van der Waals surface area (Å²) in [4.78, 5) is 23.7. The maximum absolute atomic E-state index is 13.7. The van der Waals surface area contributed by atoms with Gasteiger partial charge in [-0.05, 0) is 75.0 Å². The number of aliphatic hydroxyl groups excluding tert-OH is 1. The van der Waals surface area contributed by atoms with Crippen LogP contribution in [0.15, 0.2) is 6.33 Å². The van der Waals surface area contributed by atoms with Gasteiger partial charge in [-0.3, -0.25) is 4.57 Å². The highest BCUT2D eigenvalue weighted by molar-refractivity contribution is 5.81. The Bertz CT molecular complexity index is 1110. The first-order valence-electron chi connectivity index (χ1n) is 12.5. The van der Waals surface area contributed by atoms with Crippen molar-refractivity contribution in [2.75, 3.05) is 18.9 Å². The molecule has 35 heavy (non-hydrogen) atoms. The number of fused-ring (bicyclic) bond motifs is 1. The molecule has 2 aromatic heterocycles. The Morgan fingerprint density at radius 3 is 2.57 bits per heavy atom. The van der Waals surface area contributed by atoms with Gasteiger partial charge in [-0.15, -0.1) is 0 Å². The van der Waals surface area contributed by atoms with Crippen molar-refractivity contribution < 1.29 is 28.5 Å². The van der Waals surface area contributed by atoms with E-state index in [-0.39, 0.29) is 30.0 Å². The van der Waals surface area contributed by atoms with Gasteiger partial charge >= 0.3 is 12.2 Å². The van der Waals surface area contributed by atoms with Gasteiger partial charge in [0.05, 0.1) is 19.0 Å². The van der Waals surface area contributed by atoms with Crippen molar-refractivity contribution in [2.45, 2.75) is 76.2 Å². The van der Waals surface area contributed by atoms with Crippen LogP contribution in [-0.2, 0) is 14.2 Å². The molecule has 11 heteroatoms. The molecule has 3 N–H and O–H groups in total. The molecule has 4 bridgehead atoms. The molecule has 1 aliphatic heterocycles. The van der Waals surface area contributed by atoms with Crippen LogP contribution in [0.5, 0.6) is 0 Å². The lowest BCUT2D eigenvalue weighted by atomic mass is 9.49. The molecule has 190 valence electrons. The van der Waals surface area contributed by atoms with E-state index in [4.69, 9.17) is 19.9 Å². The van der Waals surface area contributed by atoms with Gasteiger partial charge in [-0.25, -0.2) is 9.78 Å². The first-order chi connectivity index (χ1) is 16.7. The zero-order chi connectivity index (χ0) is 24.4. The average Bonchev–Trinajstić information content (AvgIpc) is 3.32. The summed E-state index contributed by atoms with van der Waals surface area (Å²) in [6, 6.07) is 0. The van der Waals surface area contributed by atoms with Crippen LogP contribution in [-0.4, -0.2) is 55.7 Å². The van der Waals surface area contributed by atoms with E-state index in [1.165, 1.54) is 49.4 Å². The molecule has 0 aromatic carbocycles. The second kappa shape index (κ2) is 8.26. The molecule has 10 nitrogen and oxygen atoms in total. The number of aliphatic hydroxyl groups is 1. The largest absolute Gasteiger partial charge is 0.508 e. The summed E-state index contributed by atoms with van der Waals surface area (Å²) in [5.74, 6) is 2.49. The van der Waals surface area contributed by atoms with Crippen molar-refractivity contribution in [3.8, 4) is 0 Å². The third kappa shape index (κ3) is 4.12. The first-order valence-corrected chi connectivity index (χ1v) is 12.5. The average molecular weight is 490 g/mol. The SMILES string of the molecule is C[C@]1(COC(=O)OCCC23CC4CC(CC(C4)C2)C3)O[C@@H](n2cnc3c(N)nc(F)nc32)C[C@@H]1O. The highest BCUT2D eigenvalue weighted by Crippen LogP contribution is 2.61. The van der Waals surface area contributed by atoms with Crippen molar-refractivity contribution in [3.63, 3.8) is 0 Å². The van der Waals surface area contributed by atoms with Crippen LogP contribution in [0.3, 0.4) is 0 Å². The van der Waals surface area contributed by atoms with E-state index >= 15 is 0 Å². The summed E-state index contributed by atoms with van der Waals surface area (Å²) in [5.41, 5.74) is 5.30. The smallest absolute Gasteiger partial charge is 0.434 e. The second-order valence-corrected chi connectivity index (χ2v) is 11.4. The number of carbonyl (C=O) groups excluding carboxylic acids is 1. The quantitative estimate of drug-likeness (QED) is 0.463. The molecule has 5 aliphatic rings. The molecule has 5 fully saturated rings. The molecule has 3 heterocycles. The van der Waals surface area contributed by atoms with Crippen molar-refractivity contribution in [1.82, 2.24) is 19.5 Å². The van der Waals surface area contributed by atoms with Crippen LogP contribution in [0, 0.1) is 29.2 Å². The van der Waals surface area contributed by atoms with E-state index in [2.05, 4.69) is 15.0 Å². The fourth-order valence-corrected chi connectivity index (χ4v) is 7.49. The number of halogens is 1. The fraction of sp³-hybridized carbons (Fsp3) is 0.750. The predicted molar refractivity (Wildman–Crippen MR) is 121 cm³/mol. The number of nitrogen functional groups attached to an aromatic ring is 1. The van der Waals surface area contributed by atoms with Crippen molar-refractivity contribution >= 4 is 23.1 Å². The zero-order valence-corrected chi connectivity index (χ0v) is 19.9. The topological polar surface area (TPSA) is 135 Å². The van der Waals surface area contributed by atoms with Gasteiger partial charge in [0.1, 0.15) is 18.4 Å².